The summed E-state index contributed by atoms with van der Waals surface area (Å²) >= 11 is 0. The number of nitrogens with one attached hydrogen (secondary N) is 1. The Hall–Kier alpha value is -2.69. The third-order valence-corrected chi connectivity index (χ3v) is 4.53. The van der Waals surface area contributed by atoms with Gasteiger partial charge in [-0.15, -0.1) is 0 Å². The van der Waals surface area contributed by atoms with Crippen molar-refractivity contribution >= 4 is 17.4 Å². The fraction of sp³-hybridized carbons (Fsp3) is 0.350. The third kappa shape index (κ3) is 4.24. The normalized spacial score (nSPS) is 13.6. The quantitative estimate of drug-likeness (QED) is 0.897. The van der Waals surface area contributed by atoms with Crippen LogP contribution in [0.4, 0.5) is 16.2 Å². The number of amides is 2. The van der Waals surface area contributed by atoms with E-state index in [-0.39, 0.29) is 6.03 Å². The molecule has 1 aliphatic heterocycles. The Morgan fingerprint density at radius 2 is 1.80 bits per heavy atom. The van der Waals surface area contributed by atoms with Crippen LogP contribution in [0.1, 0.15) is 18.4 Å². The summed E-state index contributed by atoms with van der Waals surface area (Å²) in [5, 5.41) is 2.92. The van der Waals surface area contributed by atoms with E-state index in [1.165, 1.54) is 24.1 Å². The van der Waals surface area contributed by atoms with Crippen molar-refractivity contribution in [2.24, 2.45) is 0 Å². The molecule has 25 heavy (non-hydrogen) atoms. The highest BCUT2D eigenvalue weighted by atomic mass is 16.5. The summed E-state index contributed by atoms with van der Waals surface area (Å²) in [7, 11) is 3.44. The zero-order chi connectivity index (χ0) is 17.6. The van der Waals surface area contributed by atoms with Gasteiger partial charge in [0.25, 0.3) is 0 Å². The standard InChI is InChI=1S/C20H25N3O2/c1-22(20(24)21-17-9-11-18(25-2)12-10-17)15-16-7-3-4-8-19(16)23-13-5-6-14-23/h3-4,7-12H,5-6,13-15H2,1-2H3,(H,21,24). The number of nitrogens with zero attached hydrogens (tertiary/aromatic N) is 2. The molecule has 0 spiro atoms. The van der Waals surface area contributed by atoms with Crippen LogP contribution in [0.15, 0.2) is 48.5 Å². The summed E-state index contributed by atoms with van der Waals surface area (Å²) in [5.41, 5.74) is 3.17. The summed E-state index contributed by atoms with van der Waals surface area (Å²) < 4.78 is 5.13. The topological polar surface area (TPSA) is 44.8 Å². The number of ether oxygens (including phenoxy) is 1. The summed E-state index contributed by atoms with van der Waals surface area (Å²) in [6.45, 7) is 2.77. The fourth-order valence-electron chi connectivity index (χ4n) is 3.13. The molecule has 5 nitrogen and oxygen atoms in total. The molecule has 0 aromatic heterocycles. The van der Waals surface area contributed by atoms with E-state index in [1.807, 2.05) is 37.4 Å². The summed E-state index contributed by atoms with van der Waals surface area (Å²) in [6.07, 6.45) is 2.48. The van der Waals surface area contributed by atoms with E-state index in [2.05, 4.69) is 28.4 Å². The van der Waals surface area contributed by atoms with E-state index in [0.717, 1.165) is 24.5 Å². The molecule has 1 heterocycles. The van der Waals surface area contributed by atoms with Gasteiger partial charge >= 0.3 is 6.03 Å². The van der Waals surface area contributed by atoms with Gasteiger partial charge in [-0.1, -0.05) is 18.2 Å². The van der Waals surface area contributed by atoms with Crippen LogP contribution in [0.3, 0.4) is 0 Å². The number of carbonyl (C=O) groups is 1. The monoisotopic (exact) mass is 339 g/mol. The Morgan fingerprint density at radius 3 is 2.48 bits per heavy atom. The Morgan fingerprint density at radius 1 is 1.12 bits per heavy atom. The minimum atomic E-state index is -0.124. The van der Waals surface area contributed by atoms with Crippen LogP contribution in [0.25, 0.3) is 0 Å². The number of hydrogen-bond donors (Lipinski definition) is 1. The number of para-hydroxylation sites is 1. The van der Waals surface area contributed by atoms with Crippen LogP contribution in [0.2, 0.25) is 0 Å². The number of benzene rings is 2. The first-order chi connectivity index (χ1) is 12.2. The lowest BCUT2D eigenvalue weighted by molar-refractivity contribution is 0.220. The maximum Gasteiger partial charge on any atom is 0.321 e. The number of anilines is 2. The molecule has 1 aliphatic rings. The van der Waals surface area contributed by atoms with E-state index >= 15 is 0 Å². The number of urea groups is 1. The van der Waals surface area contributed by atoms with Crippen LogP contribution in [0.5, 0.6) is 5.75 Å². The van der Waals surface area contributed by atoms with Crippen molar-refractivity contribution in [2.75, 3.05) is 37.5 Å². The molecular weight excluding hydrogens is 314 g/mol. The van der Waals surface area contributed by atoms with Gasteiger partial charge in [-0.05, 0) is 48.7 Å². The number of methoxy groups -OCH3 is 1. The minimum absolute atomic E-state index is 0.124. The molecule has 132 valence electrons. The highest BCUT2D eigenvalue weighted by Crippen LogP contribution is 2.25. The van der Waals surface area contributed by atoms with E-state index < -0.39 is 0 Å². The fourth-order valence-corrected chi connectivity index (χ4v) is 3.13. The minimum Gasteiger partial charge on any atom is -0.497 e. The van der Waals surface area contributed by atoms with Crippen LogP contribution in [-0.4, -0.2) is 38.2 Å². The van der Waals surface area contributed by atoms with Gasteiger partial charge in [-0.25, -0.2) is 4.79 Å². The molecule has 1 saturated heterocycles. The third-order valence-electron chi connectivity index (χ3n) is 4.53. The highest BCUT2D eigenvalue weighted by molar-refractivity contribution is 5.89. The van der Waals surface area contributed by atoms with Gasteiger partial charge in [0.1, 0.15) is 5.75 Å². The van der Waals surface area contributed by atoms with Gasteiger partial charge in [0.05, 0.1) is 7.11 Å². The molecule has 5 heteroatoms. The van der Waals surface area contributed by atoms with Gasteiger partial charge in [-0.3, -0.25) is 0 Å². The predicted octanol–water partition coefficient (Wildman–Crippen LogP) is 3.96. The molecule has 0 atom stereocenters. The largest absolute Gasteiger partial charge is 0.497 e. The maximum absolute atomic E-state index is 12.5. The zero-order valence-corrected chi connectivity index (χ0v) is 14.9. The van der Waals surface area contributed by atoms with Crippen LogP contribution in [0, 0.1) is 0 Å². The summed E-state index contributed by atoms with van der Waals surface area (Å²) in [4.78, 5) is 16.6. The Balaban J connectivity index is 1.65. The first-order valence-corrected chi connectivity index (χ1v) is 8.66. The second-order valence-electron chi connectivity index (χ2n) is 6.34. The lowest BCUT2D eigenvalue weighted by atomic mass is 10.1. The summed E-state index contributed by atoms with van der Waals surface area (Å²) in [6, 6.07) is 15.6. The average molecular weight is 339 g/mol. The van der Waals surface area contributed by atoms with E-state index in [4.69, 9.17) is 4.74 Å². The van der Waals surface area contributed by atoms with Crippen molar-refractivity contribution in [3.05, 3.63) is 54.1 Å². The van der Waals surface area contributed by atoms with Crippen molar-refractivity contribution < 1.29 is 9.53 Å². The number of rotatable bonds is 5. The lowest BCUT2D eigenvalue weighted by Gasteiger charge is -2.24. The molecule has 2 aromatic rings. The maximum atomic E-state index is 12.5. The Kier molecular flexibility index (Phi) is 5.43. The van der Waals surface area contributed by atoms with E-state index in [1.54, 1.807) is 12.0 Å². The van der Waals surface area contributed by atoms with Gasteiger partial charge in [-0.2, -0.15) is 0 Å². The Bertz CT molecular complexity index is 709. The molecule has 0 radical (unpaired) electrons. The van der Waals surface area contributed by atoms with Crippen molar-refractivity contribution in [2.45, 2.75) is 19.4 Å². The first kappa shape index (κ1) is 17.1. The van der Waals surface area contributed by atoms with Crippen LogP contribution >= 0.6 is 0 Å². The lowest BCUT2D eigenvalue weighted by Crippen LogP contribution is -2.31. The molecule has 0 saturated carbocycles. The number of carbonyl (C=O) groups excluding carboxylic acids is 1. The second kappa shape index (κ2) is 7.92. The second-order valence-corrected chi connectivity index (χ2v) is 6.34. The van der Waals surface area contributed by atoms with Crippen molar-refractivity contribution in [1.82, 2.24) is 4.90 Å². The molecular formula is C20H25N3O2. The van der Waals surface area contributed by atoms with E-state index in [0.29, 0.717) is 6.54 Å². The molecule has 0 bridgehead atoms. The highest BCUT2D eigenvalue weighted by Gasteiger charge is 2.17. The molecule has 0 unspecified atom stereocenters. The molecule has 0 aliphatic carbocycles. The summed E-state index contributed by atoms with van der Waals surface area (Å²) in [5.74, 6) is 0.769. The van der Waals surface area contributed by atoms with Crippen LogP contribution in [-0.2, 0) is 6.54 Å². The average Bonchev–Trinajstić information content (AvgIpc) is 3.17. The molecule has 1 N–H and O–H groups in total. The zero-order valence-electron chi connectivity index (χ0n) is 14.9. The molecule has 2 aromatic carbocycles. The molecule has 2 amide bonds. The number of hydrogen-bond acceptors (Lipinski definition) is 3. The Labute approximate surface area is 149 Å². The van der Waals surface area contributed by atoms with Gasteiger partial charge in [0.2, 0.25) is 0 Å². The van der Waals surface area contributed by atoms with Gasteiger partial charge < -0.3 is 19.9 Å². The van der Waals surface area contributed by atoms with E-state index in [9.17, 15) is 4.79 Å². The molecule has 3 rings (SSSR count). The van der Waals surface area contributed by atoms with Crippen molar-refractivity contribution in [3.8, 4) is 5.75 Å². The van der Waals surface area contributed by atoms with Crippen LogP contribution < -0.4 is 15.0 Å². The van der Waals surface area contributed by atoms with Crippen molar-refractivity contribution in [3.63, 3.8) is 0 Å². The van der Waals surface area contributed by atoms with Gasteiger partial charge in [0, 0.05) is 38.1 Å². The first-order valence-electron chi connectivity index (χ1n) is 8.66. The smallest absolute Gasteiger partial charge is 0.321 e. The SMILES string of the molecule is COc1ccc(NC(=O)N(C)Cc2ccccc2N2CCCC2)cc1. The molecule has 1 fully saturated rings. The van der Waals surface area contributed by atoms with Crippen molar-refractivity contribution in [1.29, 1.82) is 0 Å². The van der Waals surface area contributed by atoms with Gasteiger partial charge in [0.15, 0.2) is 0 Å². The predicted molar refractivity (Wildman–Crippen MR) is 101 cm³/mol.